The minimum absolute atomic E-state index is 0.00584. The summed E-state index contributed by atoms with van der Waals surface area (Å²) >= 11 is 0. The molecule has 1 aromatic carbocycles. The number of carbonyl (C=O) groups excluding carboxylic acids is 1. The molecule has 0 heterocycles. The number of hydrogen-bond acceptors (Lipinski definition) is 4. The average Bonchev–Trinajstić information content (AvgIpc) is 2.35. The number of hydrogen-bond donors (Lipinski definition) is 0. The second kappa shape index (κ2) is 7.43. The van der Waals surface area contributed by atoms with Crippen molar-refractivity contribution in [3.05, 3.63) is 46.0 Å². The molecule has 0 radical (unpaired) electrons. The molecule has 0 spiro atoms. The molecule has 0 aliphatic rings. The lowest BCUT2D eigenvalue weighted by Crippen LogP contribution is -2.15. The maximum Gasteiger partial charge on any atom is 0.331 e. The van der Waals surface area contributed by atoms with E-state index in [-0.39, 0.29) is 11.8 Å². The lowest BCUT2D eigenvalue weighted by atomic mass is 10.1. The monoisotopic (exact) mass is 277 g/mol. The zero-order chi connectivity index (χ0) is 15.1. The maximum atomic E-state index is 11.6. The van der Waals surface area contributed by atoms with Gasteiger partial charge in [-0.15, -0.1) is 0 Å². The number of carbonyl (C=O) groups is 1. The summed E-state index contributed by atoms with van der Waals surface area (Å²) in [5, 5.41) is 10.6. The van der Waals surface area contributed by atoms with E-state index < -0.39 is 10.9 Å². The third kappa shape index (κ3) is 5.65. The lowest BCUT2D eigenvalue weighted by Gasteiger charge is -2.13. The Labute approximate surface area is 118 Å². The highest BCUT2D eigenvalue weighted by molar-refractivity contribution is 5.87. The Balaban J connectivity index is 2.61. The first-order valence-electron chi connectivity index (χ1n) is 6.51. The van der Waals surface area contributed by atoms with Gasteiger partial charge in [0.25, 0.3) is 5.69 Å². The third-order valence-corrected chi connectivity index (χ3v) is 2.61. The van der Waals surface area contributed by atoms with Crippen LogP contribution >= 0.6 is 0 Å². The van der Waals surface area contributed by atoms with Gasteiger partial charge in [0.05, 0.1) is 11.0 Å². The van der Waals surface area contributed by atoms with Crippen LogP contribution in [0.2, 0.25) is 0 Å². The molecular formula is C15H19NO4. The molecule has 1 unspecified atom stereocenters. The predicted octanol–water partition coefficient (Wildman–Crippen LogP) is 3.59. The van der Waals surface area contributed by atoms with Crippen molar-refractivity contribution < 1.29 is 14.5 Å². The molecule has 1 aromatic rings. The minimum Gasteiger partial charge on any atom is -0.460 e. The Morgan fingerprint density at radius 2 is 2.10 bits per heavy atom. The van der Waals surface area contributed by atoms with Crippen molar-refractivity contribution in [2.75, 3.05) is 0 Å². The molecular weight excluding hydrogens is 258 g/mol. The zero-order valence-corrected chi connectivity index (χ0v) is 11.9. The molecule has 0 aromatic heterocycles. The largest absolute Gasteiger partial charge is 0.460 e. The number of nitro benzene ring substituents is 1. The van der Waals surface area contributed by atoms with E-state index >= 15 is 0 Å². The topological polar surface area (TPSA) is 69.4 Å². The van der Waals surface area contributed by atoms with Gasteiger partial charge in [-0.25, -0.2) is 4.79 Å². The van der Waals surface area contributed by atoms with Crippen LogP contribution < -0.4 is 0 Å². The van der Waals surface area contributed by atoms with Crippen molar-refractivity contribution in [3.8, 4) is 0 Å². The highest BCUT2D eigenvalue weighted by Gasteiger charge is 2.09. The van der Waals surface area contributed by atoms with Gasteiger partial charge in [0.15, 0.2) is 0 Å². The van der Waals surface area contributed by atoms with Gasteiger partial charge < -0.3 is 4.74 Å². The fourth-order valence-corrected chi connectivity index (χ4v) is 1.86. The summed E-state index contributed by atoms with van der Waals surface area (Å²) < 4.78 is 5.20. The van der Waals surface area contributed by atoms with E-state index in [1.165, 1.54) is 24.3 Å². The smallest absolute Gasteiger partial charge is 0.331 e. The van der Waals surface area contributed by atoms with Crippen LogP contribution in [-0.2, 0) is 9.53 Å². The second-order valence-corrected chi connectivity index (χ2v) is 5.06. The molecule has 0 saturated carbocycles. The van der Waals surface area contributed by atoms with Gasteiger partial charge in [0.1, 0.15) is 0 Å². The molecule has 0 aliphatic heterocycles. The lowest BCUT2D eigenvalue weighted by molar-refractivity contribution is -0.384. The van der Waals surface area contributed by atoms with E-state index in [0.717, 1.165) is 6.42 Å². The second-order valence-electron chi connectivity index (χ2n) is 5.06. The van der Waals surface area contributed by atoms with Gasteiger partial charge in [-0.3, -0.25) is 10.1 Å². The molecule has 1 atom stereocenters. The van der Waals surface area contributed by atoms with Crippen molar-refractivity contribution in [2.45, 2.75) is 33.3 Å². The minimum atomic E-state index is -0.472. The van der Waals surface area contributed by atoms with E-state index in [0.29, 0.717) is 11.5 Å². The van der Waals surface area contributed by atoms with E-state index in [2.05, 4.69) is 13.8 Å². The average molecular weight is 277 g/mol. The number of esters is 1. The Morgan fingerprint density at radius 3 is 2.70 bits per heavy atom. The summed E-state index contributed by atoms with van der Waals surface area (Å²) in [5.41, 5.74) is 0.585. The van der Waals surface area contributed by atoms with Gasteiger partial charge in [-0.2, -0.15) is 0 Å². The summed E-state index contributed by atoms with van der Waals surface area (Å²) in [6.45, 7) is 5.96. The van der Waals surface area contributed by atoms with Crippen LogP contribution in [0.1, 0.15) is 32.8 Å². The van der Waals surface area contributed by atoms with E-state index in [9.17, 15) is 14.9 Å². The normalized spacial score (nSPS) is 12.6. The van der Waals surface area contributed by atoms with Crippen molar-refractivity contribution in [1.82, 2.24) is 0 Å². The summed E-state index contributed by atoms with van der Waals surface area (Å²) in [4.78, 5) is 21.7. The van der Waals surface area contributed by atoms with E-state index in [1.54, 1.807) is 12.1 Å². The van der Waals surface area contributed by atoms with Crippen molar-refractivity contribution in [1.29, 1.82) is 0 Å². The van der Waals surface area contributed by atoms with Crippen LogP contribution in [0.4, 0.5) is 5.69 Å². The van der Waals surface area contributed by atoms with E-state index in [4.69, 9.17) is 4.74 Å². The van der Waals surface area contributed by atoms with Crippen molar-refractivity contribution >= 4 is 17.7 Å². The molecule has 5 heteroatoms. The van der Waals surface area contributed by atoms with Gasteiger partial charge >= 0.3 is 5.97 Å². The molecule has 0 aliphatic carbocycles. The molecule has 5 nitrogen and oxygen atoms in total. The molecule has 1 rings (SSSR count). The Kier molecular flexibility index (Phi) is 5.90. The summed E-state index contributed by atoms with van der Waals surface area (Å²) in [6.07, 6.45) is 3.46. The predicted molar refractivity (Wildman–Crippen MR) is 77.1 cm³/mol. The number of nitrogens with zero attached hydrogens (tertiary/aromatic N) is 1. The highest BCUT2D eigenvalue weighted by Crippen LogP contribution is 2.14. The van der Waals surface area contributed by atoms with Crippen LogP contribution in [0.25, 0.3) is 6.08 Å². The molecule has 0 amide bonds. The highest BCUT2D eigenvalue weighted by atomic mass is 16.6. The Bertz CT molecular complexity index is 508. The summed E-state index contributed by atoms with van der Waals surface area (Å²) in [5.74, 6) is 0.0169. The first kappa shape index (κ1) is 15.9. The zero-order valence-electron chi connectivity index (χ0n) is 11.9. The molecule has 20 heavy (non-hydrogen) atoms. The van der Waals surface area contributed by atoms with Gasteiger partial charge in [0.2, 0.25) is 0 Å². The standard InChI is InChI=1S/C15H19NO4/c1-11(2)9-12(3)20-15(17)8-7-13-5-4-6-14(10-13)16(18)19/h4-8,10-12H,9H2,1-3H3/b8-7+. The van der Waals surface area contributed by atoms with Crippen LogP contribution in [0, 0.1) is 16.0 Å². The number of nitro groups is 1. The third-order valence-electron chi connectivity index (χ3n) is 2.61. The van der Waals surface area contributed by atoms with Crippen molar-refractivity contribution in [2.24, 2.45) is 5.92 Å². The van der Waals surface area contributed by atoms with Crippen molar-refractivity contribution in [3.63, 3.8) is 0 Å². The SMILES string of the molecule is CC(C)CC(C)OC(=O)/C=C/c1cccc([N+](=O)[O-])c1. The summed E-state index contributed by atoms with van der Waals surface area (Å²) in [7, 11) is 0. The first-order valence-corrected chi connectivity index (χ1v) is 6.51. The molecule has 0 saturated heterocycles. The first-order chi connectivity index (χ1) is 9.38. The molecule has 0 N–H and O–H groups in total. The Hall–Kier alpha value is -2.17. The Morgan fingerprint density at radius 1 is 1.40 bits per heavy atom. The molecule has 0 bridgehead atoms. The van der Waals surface area contributed by atoms with E-state index in [1.807, 2.05) is 6.92 Å². The fraction of sp³-hybridized carbons (Fsp3) is 0.400. The van der Waals surface area contributed by atoms with Crippen LogP contribution in [-0.4, -0.2) is 17.0 Å². The molecule has 0 fully saturated rings. The van der Waals surface area contributed by atoms with Crippen LogP contribution in [0.15, 0.2) is 30.3 Å². The number of benzene rings is 1. The van der Waals surface area contributed by atoms with Crippen LogP contribution in [0.3, 0.4) is 0 Å². The quantitative estimate of drug-likeness (QED) is 0.345. The number of rotatable bonds is 6. The maximum absolute atomic E-state index is 11.6. The fourth-order valence-electron chi connectivity index (χ4n) is 1.86. The van der Waals surface area contributed by atoms with Crippen LogP contribution in [0.5, 0.6) is 0 Å². The van der Waals surface area contributed by atoms with Gasteiger partial charge in [-0.1, -0.05) is 26.0 Å². The number of non-ortho nitro benzene ring substituents is 1. The van der Waals surface area contributed by atoms with Gasteiger partial charge in [0, 0.05) is 18.2 Å². The van der Waals surface area contributed by atoms with Gasteiger partial charge in [-0.05, 0) is 30.9 Å². The summed E-state index contributed by atoms with van der Waals surface area (Å²) in [6, 6.07) is 6.07. The molecule has 108 valence electrons. The number of ether oxygens (including phenoxy) is 1.